The highest BCUT2D eigenvalue weighted by molar-refractivity contribution is 6.01. The molecule has 1 fully saturated rings. The number of hydrogen-bond acceptors (Lipinski definition) is 6. The van der Waals surface area contributed by atoms with Gasteiger partial charge < -0.3 is 19.7 Å². The molecule has 0 saturated carbocycles. The topological polar surface area (TPSA) is 76.6 Å². The normalized spacial score (nSPS) is 15.2. The van der Waals surface area contributed by atoms with Gasteiger partial charge in [0.25, 0.3) is 12.3 Å². The van der Waals surface area contributed by atoms with E-state index < -0.39 is 23.8 Å². The van der Waals surface area contributed by atoms with Crippen LogP contribution in [0.4, 0.5) is 24.7 Å². The number of nitrogens with zero attached hydrogens (tertiary/aromatic N) is 3. The molecule has 1 N–H and O–H groups in total. The number of aryl methyl sites for hydroxylation is 1. The van der Waals surface area contributed by atoms with Crippen LogP contribution in [-0.4, -0.2) is 42.7 Å². The summed E-state index contributed by atoms with van der Waals surface area (Å²) in [6.45, 7) is 4.14. The fourth-order valence-corrected chi connectivity index (χ4v) is 3.87. The fraction of sp³-hybridized carbons (Fsp3) is 0.348. The van der Waals surface area contributed by atoms with Crippen LogP contribution >= 0.6 is 0 Å². The number of carbonyl (C=O) groups is 1. The van der Waals surface area contributed by atoms with Crippen LogP contribution < -0.4 is 15.0 Å². The van der Waals surface area contributed by atoms with Crippen LogP contribution in [0.2, 0.25) is 0 Å². The van der Waals surface area contributed by atoms with Gasteiger partial charge in [0.2, 0.25) is 0 Å². The molecule has 1 aromatic heterocycles. The number of aromatic nitrogens is 2. The maximum atomic E-state index is 14.7. The van der Waals surface area contributed by atoms with E-state index in [2.05, 4.69) is 15.3 Å². The number of halogens is 3. The van der Waals surface area contributed by atoms with Crippen LogP contribution in [0.15, 0.2) is 30.3 Å². The number of fused-ring (bicyclic) bond motifs is 1. The molecule has 10 heteroatoms. The largest absolute Gasteiger partial charge is 0.495 e. The lowest BCUT2D eigenvalue weighted by Crippen LogP contribution is -2.41. The van der Waals surface area contributed by atoms with Crippen molar-refractivity contribution in [1.29, 1.82) is 0 Å². The SMILES string of the molecule is COc1cc2c(NC(C)c3cccc(C(F)F)c3F)nc(C)nc2cc1N1CCOCC1=O. The van der Waals surface area contributed by atoms with Crippen molar-refractivity contribution in [2.24, 2.45) is 0 Å². The Morgan fingerprint density at radius 2 is 1.97 bits per heavy atom. The Kier molecular flexibility index (Phi) is 6.37. The van der Waals surface area contributed by atoms with E-state index in [1.165, 1.54) is 19.2 Å². The highest BCUT2D eigenvalue weighted by Crippen LogP contribution is 2.37. The summed E-state index contributed by atoms with van der Waals surface area (Å²) in [6, 6.07) is 6.70. The summed E-state index contributed by atoms with van der Waals surface area (Å²) in [6.07, 6.45) is -2.91. The minimum absolute atomic E-state index is 0.0163. The van der Waals surface area contributed by atoms with Crippen molar-refractivity contribution in [3.8, 4) is 5.75 Å². The molecule has 1 amide bonds. The lowest BCUT2D eigenvalue weighted by molar-refractivity contribution is -0.125. The first-order valence-electron chi connectivity index (χ1n) is 10.4. The molecule has 2 heterocycles. The Morgan fingerprint density at radius 3 is 2.67 bits per heavy atom. The molecule has 174 valence electrons. The number of morpholine rings is 1. The number of methoxy groups -OCH3 is 1. The zero-order valence-corrected chi connectivity index (χ0v) is 18.4. The summed E-state index contributed by atoms with van der Waals surface area (Å²) >= 11 is 0. The van der Waals surface area contributed by atoms with E-state index in [0.29, 0.717) is 47.1 Å². The van der Waals surface area contributed by atoms with Crippen molar-refractivity contribution >= 4 is 28.3 Å². The number of ether oxygens (including phenoxy) is 2. The van der Waals surface area contributed by atoms with E-state index in [9.17, 15) is 18.0 Å². The molecule has 1 unspecified atom stereocenters. The molecule has 0 aliphatic carbocycles. The smallest absolute Gasteiger partial charge is 0.266 e. The Bertz CT molecular complexity index is 1210. The number of hydrogen-bond donors (Lipinski definition) is 1. The second kappa shape index (κ2) is 9.22. The Morgan fingerprint density at radius 1 is 1.21 bits per heavy atom. The van der Waals surface area contributed by atoms with Gasteiger partial charge in [0.05, 0.1) is 36.5 Å². The molecular weight excluding hydrogens is 437 g/mol. The van der Waals surface area contributed by atoms with Crippen LogP contribution in [0.3, 0.4) is 0 Å². The van der Waals surface area contributed by atoms with Crippen LogP contribution in [0, 0.1) is 12.7 Å². The number of amides is 1. The predicted molar refractivity (Wildman–Crippen MR) is 117 cm³/mol. The molecule has 4 rings (SSSR count). The third-order valence-corrected chi connectivity index (χ3v) is 5.50. The van der Waals surface area contributed by atoms with Crippen LogP contribution in [0.5, 0.6) is 5.75 Å². The molecule has 0 spiro atoms. The number of anilines is 2. The number of benzene rings is 2. The lowest BCUT2D eigenvalue weighted by Gasteiger charge is -2.28. The quantitative estimate of drug-likeness (QED) is 0.581. The van der Waals surface area contributed by atoms with Gasteiger partial charge in [-0.2, -0.15) is 0 Å². The van der Waals surface area contributed by atoms with Crippen molar-refractivity contribution in [1.82, 2.24) is 9.97 Å². The maximum Gasteiger partial charge on any atom is 0.266 e. The molecule has 7 nitrogen and oxygen atoms in total. The molecule has 3 aromatic rings. The van der Waals surface area contributed by atoms with Crippen molar-refractivity contribution < 1.29 is 27.4 Å². The van der Waals surface area contributed by atoms with Gasteiger partial charge in [-0.05, 0) is 26.0 Å². The molecule has 1 atom stereocenters. The van der Waals surface area contributed by atoms with E-state index in [-0.39, 0.29) is 18.1 Å². The number of rotatable bonds is 6. The molecule has 0 radical (unpaired) electrons. The van der Waals surface area contributed by atoms with E-state index in [1.807, 2.05) is 0 Å². The number of carbonyl (C=O) groups excluding carboxylic acids is 1. The molecule has 0 bridgehead atoms. The van der Waals surface area contributed by atoms with E-state index in [4.69, 9.17) is 9.47 Å². The Labute approximate surface area is 188 Å². The van der Waals surface area contributed by atoms with Crippen LogP contribution in [-0.2, 0) is 9.53 Å². The molecular formula is C23H23F3N4O3. The number of nitrogens with one attached hydrogen (secondary N) is 1. The van der Waals surface area contributed by atoms with Gasteiger partial charge in [-0.3, -0.25) is 4.79 Å². The first kappa shape index (κ1) is 22.8. The third-order valence-electron chi connectivity index (χ3n) is 5.50. The van der Waals surface area contributed by atoms with Crippen molar-refractivity contribution in [2.45, 2.75) is 26.3 Å². The van der Waals surface area contributed by atoms with Crippen LogP contribution in [0.25, 0.3) is 10.9 Å². The minimum Gasteiger partial charge on any atom is -0.495 e. The second-order valence-electron chi connectivity index (χ2n) is 7.68. The monoisotopic (exact) mass is 460 g/mol. The Balaban J connectivity index is 1.76. The third kappa shape index (κ3) is 4.43. The first-order valence-corrected chi connectivity index (χ1v) is 10.4. The summed E-state index contributed by atoms with van der Waals surface area (Å²) in [5.74, 6) is 0.138. The summed E-state index contributed by atoms with van der Waals surface area (Å²) in [5.41, 5.74) is 0.561. The average Bonchev–Trinajstić information content (AvgIpc) is 2.78. The lowest BCUT2D eigenvalue weighted by atomic mass is 10.0. The van der Waals surface area contributed by atoms with E-state index >= 15 is 0 Å². The second-order valence-corrected chi connectivity index (χ2v) is 7.68. The molecule has 1 aliphatic heterocycles. The van der Waals surface area contributed by atoms with Gasteiger partial charge in [0.1, 0.15) is 29.8 Å². The van der Waals surface area contributed by atoms with Crippen LogP contribution in [0.1, 0.15) is 36.3 Å². The molecule has 1 saturated heterocycles. The summed E-state index contributed by atoms with van der Waals surface area (Å²) in [5, 5.41) is 3.70. The zero-order valence-electron chi connectivity index (χ0n) is 18.4. The average molecular weight is 460 g/mol. The fourth-order valence-electron chi connectivity index (χ4n) is 3.87. The standard InChI is InChI=1S/C23H23F3N4O3/c1-12(14-5-4-6-15(21(14)24)22(25)26)27-23-16-9-19(32-3)18(10-17(16)28-13(2)29-23)30-7-8-33-11-20(30)31/h4-6,9-10,12,22H,7-8,11H2,1-3H3,(H,27,28,29). The zero-order chi connectivity index (χ0) is 23.7. The van der Waals surface area contributed by atoms with E-state index in [1.54, 1.807) is 30.9 Å². The summed E-state index contributed by atoms with van der Waals surface area (Å²) in [7, 11) is 1.49. The maximum absolute atomic E-state index is 14.7. The van der Waals surface area contributed by atoms with Crippen molar-refractivity contribution in [3.05, 3.63) is 53.1 Å². The predicted octanol–water partition coefficient (Wildman–Crippen LogP) is 4.56. The minimum atomic E-state index is -2.91. The van der Waals surface area contributed by atoms with Crippen molar-refractivity contribution in [2.75, 3.05) is 37.1 Å². The van der Waals surface area contributed by atoms with Crippen molar-refractivity contribution in [3.63, 3.8) is 0 Å². The Hall–Kier alpha value is -3.40. The first-order chi connectivity index (χ1) is 15.8. The highest BCUT2D eigenvalue weighted by Gasteiger charge is 2.25. The van der Waals surface area contributed by atoms with Gasteiger partial charge >= 0.3 is 0 Å². The molecule has 33 heavy (non-hydrogen) atoms. The summed E-state index contributed by atoms with van der Waals surface area (Å²) in [4.78, 5) is 22.9. The highest BCUT2D eigenvalue weighted by atomic mass is 19.3. The summed E-state index contributed by atoms with van der Waals surface area (Å²) < 4.78 is 51.7. The molecule has 2 aromatic carbocycles. The van der Waals surface area contributed by atoms with E-state index in [0.717, 1.165) is 6.07 Å². The van der Waals surface area contributed by atoms with Gasteiger partial charge in [-0.25, -0.2) is 23.1 Å². The van der Waals surface area contributed by atoms with Gasteiger partial charge in [-0.1, -0.05) is 18.2 Å². The van der Waals surface area contributed by atoms with Gasteiger partial charge in [0, 0.05) is 17.5 Å². The van der Waals surface area contributed by atoms with Gasteiger partial charge in [0.15, 0.2) is 0 Å². The number of alkyl halides is 2. The molecule has 1 aliphatic rings. The van der Waals surface area contributed by atoms with Gasteiger partial charge in [-0.15, -0.1) is 0 Å².